The van der Waals surface area contributed by atoms with E-state index in [2.05, 4.69) is 9.97 Å². The lowest BCUT2D eigenvalue weighted by molar-refractivity contribution is 0.282. The van der Waals surface area contributed by atoms with Gasteiger partial charge >= 0.3 is 0 Å². The third-order valence-corrected chi connectivity index (χ3v) is 3.41. The van der Waals surface area contributed by atoms with Gasteiger partial charge in [0.1, 0.15) is 5.15 Å². The fourth-order valence-corrected chi connectivity index (χ4v) is 2.15. The van der Waals surface area contributed by atoms with Gasteiger partial charge in [0.15, 0.2) is 0 Å². The number of rotatable bonds is 4. The summed E-state index contributed by atoms with van der Waals surface area (Å²) in [5.74, 6) is 0.753. The smallest absolute Gasteiger partial charge is 0.147 e. The average Bonchev–Trinajstić information content (AvgIpc) is 2.39. The fraction of sp³-hybridized carbons (Fsp3) is 0.167. The number of aliphatic hydroxyl groups is 1. The van der Waals surface area contributed by atoms with E-state index in [0.717, 1.165) is 21.9 Å². The molecule has 17 heavy (non-hydrogen) atoms. The van der Waals surface area contributed by atoms with E-state index in [-0.39, 0.29) is 6.61 Å². The molecule has 0 atom stereocenters. The van der Waals surface area contributed by atoms with Crippen molar-refractivity contribution in [2.75, 3.05) is 0 Å². The first-order chi connectivity index (χ1) is 8.28. The number of hydrogen-bond donors (Lipinski definition) is 1. The molecular formula is C12H11ClN2OS. The number of thioether (sulfide) groups is 1. The number of halogens is 1. The van der Waals surface area contributed by atoms with Crippen LogP contribution in [0.25, 0.3) is 0 Å². The Morgan fingerprint density at radius 3 is 2.47 bits per heavy atom. The molecule has 0 aliphatic heterocycles. The van der Waals surface area contributed by atoms with Gasteiger partial charge in [-0.05, 0) is 17.7 Å². The molecule has 0 aliphatic rings. The van der Waals surface area contributed by atoms with Gasteiger partial charge in [0.25, 0.3) is 0 Å². The van der Waals surface area contributed by atoms with Crippen LogP contribution in [0.5, 0.6) is 0 Å². The van der Waals surface area contributed by atoms with E-state index in [0.29, 0.717) is 5.15 Å². The normalized spacial score (nSPS) is 10.5. The Morgan fingerprint density at radius 2 is 1.88 bits per heavy atom. The second-order valence-corrected chi connectivity index (χ2v) is 4.86. The highest BCUT2D eigenvalue weighted by atomic mass is 35.5. The second kappa shape index (κ2) is 6.00. The van der Waals surface area contributed by atoms with Crippen LogP contribution in [0.15, 0.2) is 41.6 Å². The number of nitrogens with zero attached hydrogens (tertiary/aromatic N) is 2. The average molecular weight is 267 g/mol. The van der Waals surface area contributed by atoms with Gasteiger partial charge in [-0.15, -0.1) is 11.8 Å². The summed E-state index contributed by atoms with van der Waals surface area (Å²) in [5.41, 5.74) is 1.81. The van der Waals surface area contributed by atoms with Crippen molar-refractivity contribution in [3.05, 3.63) is 53.1 Å². The minimum absolute atomic E-state index is 0.0770. The van der Waals surface area contributed by atoms with Gasteiger partial charge in [0.2, 0.25) is 0 Å². The Morgan fingerprint density at radius 1 is 1.12 bits per heavy atom. The summed E-state index contributed by atoms with van der Waals surface area (Å²) in [5, 5.41) is 9.33. The molecule has 1 heterocycles. The van der Waals surface area contributed by atoms with Crippen molar-refractivity contribution < 1.29 is 5.11 Å². The number of aromatic nitrogens is 2. The highest BCUT2D eigenvalue weighted by molar-refractivity contribution is 7.98. The Balaban J connectivity index is 1.95. The largest absolute Gasteiger partial charge is 0.392 e. The molecule has 1 aromatic heterocycles. The zero-order chi connectivity index (χ0) is 12.1. The molecule has 5 heteroatoms. The monoisotopic (exact) mass is 266 g/mol. The summed E-state index contributed by atoms with van der Waals surface area (Å²) in [6.45, 7) is 0.0770. The Hall–Kier alpha value is -1.10. The van der Waals surface area contributed by atoms with Gasteiger partial charge in [0.05, 0.1) is 24.7 Å². The van der Waals surface area contributed by atoms with E-state index in [1.807, 2.05) is 24.3 Å². The van der Waals surface area contributed by atoms with E-state index in [1.165, 1.54) is 0 Å². The molecule has 1 aromatic carbocycles. The highest BCUT2D eigenvalue weighted by Crippen LogP contribution is 2.22. The topological polar surface area (TPSA) is 46.0 Å². The van der Waals surface area contributed by atoms with Gasteiger partial charge in [0, 0.05) is 10.6 Å². The van der Waals surface area contributed by atoms with Crippen LogP contribution in [-0.2, 0) is 12.4 Å². The van der Waals surface area contributed by atoms with Gasteiger partial charge in [-0.1, -0.05) is 23.7 Å². The van der Waals surface area contributed by atoms with Gasteiger partial charge in [-0.2, -0.15) is 0 Å². The molecule has 0 saturated carbocycles. The van der Waals surface area contributed by atoms with Crippen molar-refractivity contribution in [3.63, 3.8) is 0 Å². The molecule has 2 aromatic rings. The summed E-state index contributed by atoms with van der Waals surface area (Å²) < 4.78 is 0. The highest BCUT2D eigenvalue weighted by Gasteiger charge is 1.99. The molecular weight excluding hydrogens is 256 g/mol. The lowest BCUT2D eigenvalue weighted by Crippen LogP contribution is -1.88. The van der Waals surface area contributed by atoms with Gasteiger partial charge < -0.3 is 5.11 Å². The molecule has 0 unspecified atom stereocenters. The zero-order valence-electron chi connectivity index (χ0n) is 9.01. The van der Waals surface area contributed by atoms with Crippen molar-refractivity contribution in [2.45, 2.75) is 17.3 Å². The van der Waals surface area contributed by atoms with Crippen LogP contribution in [-0.4, -0.2) is 15.1 Å². The SMILES string of the molecule is OCc1ccc(SCc2cnc(Cl)cn2)cc1. The molecule has 3 nitrogen and oxygen atoms in total. The standard InChI is InChI=1S/C12H11ClN2OS/c13-12-6-14-10(5-15-12)8-17-11-3-1-9(7-16)2-4-11/h1-6,16H,7-8H2. The van der Waals surface area contributed by atoms with Gasteiger partial charge in [-0.3, -0.25) is 4.98 Å². The molecule has 0 amide bonds. The first-order valence-corrected chi connectivity index (χ1v) is 6.43. The van der Waals surface area contributed by atoms with Gasteiger partial charge in [-0.25, -0.2) is 4.98 Å². The summed E-state index contributed by atoms with van der Waals surface area (Å²) in [6, 6.07) is 7.80. The Kier molecular flexibility index (Phi) is 4.36. The van der Waals surface area contributed by atoms with Crippen molar-refractivity contribution in [1.82, 2.24) is 9.97 Å². The predicted octanol–water partition coefficient (Wildman–Crippen LogP) is 2.91. The molecule has 0 fully saturated rings. The second-order valence-electron chi connectivity index (χ2n) is 3.42. The third kappa shape index (κ3) is 3.70. The van der Waals surface area contributed by atoms with Crippen LogP contribution in [0.3, 0.4) is 0 Å². The van der Waals surface area contributed by atoms with Crippen LogP contribution >= 0.6 is 23.4 Å². The number of hydrogen-bond acceptors (Lipinski definition) is 4. The Labute approximate surface area is 109 Å². The lowest BCUT2D eigenvalue weighted by atomic mass is 10.2. The molecule has 0 bridgehead atoms. The van der Waals surface area contributed by atoms with Crippen LogP contribution in [0.4, 0.5) is 0 Å². The van der Waals surface area contributed by atoms with Crippen LogP contribution in [0.1, 0.15) is 11.3 Å². The van der Waals surface area contributed by atoms with Crippen molar-refractivity contribution in [2.24, 2.45) is 0 Å². The quantitative estimate of drug-likeness (QED) is 0.865. The number of benzene rings is 1. The molecule has 0 spiro atoms. The lowest BCUT2D eigenvalue weighted by Gasteiger charge is -2.02. The molecule has 1 N–H and O–H groups in total. The van der Waals surface area contributed by atoms with Crippen LogP contribution < -0.4 is 0 Å². The van der Waals surface area contributed by atoms with E-state index in [9.17, 15) is 0 Å². The third-order valence-electron chi connectivity index (χ3n) is 2.17. The maximum atomic E-state index is 8.92. The maximum Gasteiger partial charge on any atom is 0.147 e. The van der Waals surface area contributed by atoms with Crippen molar-refractivity contribution in [1.29, 1.82) is 0 Å². The molecule has 2 rings (SSSR count). The molecule has 0 saturated heterocycles. The zero-order valence-corrected chi connectivity index (χ0v) is 10.6. The summed E-state index contributed by atoms with van der Waals surface area (Å²) >= 11 is 7.33. The van der Waals surface area contributed by atoms with Crippen LogP contribution in [0, 0.1) is 0 Å². The summed E-state index contributed by atoms with van der Waals surface area (Å²) in [7, 11) is 0. The fourth-order valence-electron chi connectivity index (χ4n) is 1.26. The summed E-state index contributed by atoms with van der Waals surface area (Å²) in [4.78, 5) is 9.29. The first kappa shape index (κ1) is 12.4. The van der Waals surface area contributed by atoms with E-state index in [4.69, 9.17) is 16.7 Å². The van der Waals surface area contributed by atoms with E-state index in [1.54, 1.807) is 24.2 Å². The van der Waals surface area contributed by atoms with Crippen molar-refractivity contribution >= 4 is 23.4 Å². The number of aliphatic hydroxyl groups excluding tert-OH is 1. The first-order valence-electron chi connectivity index (χ1n) is 5.07. The maximum absolute atomic E-state index is 8.92. The predicted molar refractivity (Wildman–Crippen MR) is 69.0 cm³/mol. The van der Waals surface area contributed by atoms with Crippen LogP contribution in [0.2, 0.25) is 5.15 Å². The summed E-state index contributed by atoms with van der Waals surface area (Å²) in [6.07, 6.45) is 3.23. The van der Waals surface area contributed by atoms with E-state index >= 15 is 0 Å². The minimum Gasteiger partial charge on any atom is -0.392 e. The molecule has 0 radical (unpaired) electrons. The molecule has 0 aliphatic carbocycles. The Bertz CT molecular complexity index is 473. The van der Waals surface area contributed by atoms with Crippen molar-refractivity contribution in [3.8, 4) is 0 Å². The van der Waals surface area contributed by atoms with E-state index < -0.39 is 0 Å². The minimum atomic E-state index is 0.0770. The molecule has 88 valence electrons.